The van der Waals surface area contributed by atoms with Crippen LogP contribution in [0.5, 0.6) is 0 Å². The van der Waals surface area contributed by atoms with Gasteiger partial charge in [0.25, 0.3) is 0 Å². The molecule has 0 bridgehead atoms. The van der Waals surface area contributed by atoms with Crippen molar-refractivity contribution in [2.75, 3.05) is 19.8 Å². The van der Waals surface area contributed by atoms with Crippen molar-refractivity contribution in [1.82, 2.24) is 0 Å². The Morgan fingerprint density at radius 1 is 0.590 bits per heavy atom. The van der Waals surface area contributed by atoms with E-state index >= 15 is 0 Å². The molecular formula is C35H68O4. The van der Waals surface area contributed by atoms with Gasteiger partial charge in [-0.25, -0.2) is 0 Å². The summed E-state index contributed by atoms with van der Waals surface area (Å²) in [6.45, 7) is 5.32. The topological polar surface area (TPSA) is 55.8 Å². The molecule has 0 fully saturated rings. The van der Waals surface area contributed by atoms with Gasteiger partial charge < -0.3 is 14.6 Å². The van der Waals surface area contributed by atoms with Crippen molar-refractivity contribution in [3.05, 3.63) is 12.2 Å². The number of aliphatic hydroxyl groups excluding tert-OH is 1. The monoisotopic (exact) mass is 553 g/mol. The van der Waals surface area contributed by atoms with Crippen molar-refractivity contribution in [3.8, 4) is 0 Å². The Bertz CT molecular complexity index is 505. The minimum atomic E-state index is -0.528. The number of rotatable bonds is 32. The van der Waals surface area contributed by atoms with Crippen molar-refractivity contribution in [2.24, 2.45) is 0 Å². The number of aliphatic hydroxyl groups is 1. The third kappa shape index (κ3) is 31.5. The van der Waals surface area contributed by atoms with Crippen LogP contribution in [-0.4, -0.2) is 37.0 Å². The third-order valence-corrected chi connectivity index (χ3v) is 7.59. The van der Waals surface area contributed by atoms with Gasteiger partial charge >= 0.3 is 5.97 Å². The average molecular weight is 553 g/mol. The lowest BCUT2D eigenvalue weighted by molar-refractivity contribution is -0.154. The Balaban J connectivity index is 3.42. The summed E-state index contributed by atoms with van der Waals surface area (Å²) >= 11 is 0. The van der Waals surface area contributed by atoms with Crippen molar-refractivity contribution in [1.29, 1.82) is 0 Å². The van der Waals surface area contributed by atoms with E-state index in [4.69, 9.17) is 9.47 Å². The van der Waals surface area contributed by atoms with E-state index in [0.717, 1.165) is 19.3 Å². The summed E-state index contributed by atoms with van der Waals surface area (Å²) in [5.41, 5.74) is 0. The van der Waals surface area contributed by atoms with Gasteiger partial charge in [0.1, 0.15) is 6.10 Å². The Morgan fingerprint density at radius 3 is 1.54 bits per heavy atom. The number of allylic oxidation sites excluding steroid dienone is 2. The summed E-state index contributed by atoms with van der Waals surface area (Å²) in [7, 11) is 0. The molecular weight excluding hydrogens is 484 g/mol. The number of hydrogen-bond acceptors (Lipinski definition) is 4. The van der Waals surface area contributed by atoms with Crippen LogP contribution in [0.25, 0.3) is 0 Å². The van der Waals surface area contributed by atoms with Gasteiger partial charge in [0.2, 0.25) is 0 Å². The molecule has 1 unspecified atom stereocenters. The molecule has 4 nitrogen and oxygen atoms in total. The number of carbonyl (C=O) groups is 1. The zero-order chi connectivity index (χ0) is 28.5. The predicted octanol–water partition coefficient (Wildman–Crippen LogP) is 10.6. The van der Waals surface area contributed by atoms with E-state index in [-0.39, 0.29) is 12.6 Å². The molecule has 0 radical (unpaired) electrons. The van der Waals surface area contributed by atoms with E-state index in [9.17, 15) is 9.90 Å². The number of esters is 1. The van der Waals surface area contributed by atoms with Crippen LogP contribution in [0.4, 0.5) is 0 Å². The highest BCUT2D eigenvalue weighted by molar-refractivity contribution is 5.69. The number of ether oxygens (including phenoxy) is 2. The van der Waals surface area contributed by atoms with Crippen LogP contribution >= 0.6 is 0 Å². The fraction of sp³-hybridized carbons (Fsp3) is 0.914. The first kappa shape index (κ1) is 38.1. The van der Waals surface area contributed by atoms with E-state index in [2.05, 4.69) is 26.0 Å². The van der Waals surface area contributed by atoms with Crippen molar-refractivity contribution in [2.45, 2.75) is 187 Å². The molecule has 1 N–H and O–H groups in total. The van der Waals surface area contributed by atoms with Crippen LogP contribution in [0.1, 0.15) is 181 Å². The maximum absolute atomic E-state index is 12.1. The Hall–Kier alpha value is -0.870. The highest BCUT2D eigenvalue weighted by atomic mass is 16.6. The zero-order valence-electron chi connectivity index (χ0n) is 26.4. The van der Waals surface area contributed by atoms with Crippen molar-refractivity contribution >= 4 is 5.97 Å². The lowest BCUT2D eigenvalue weighted by atomic mass is 10.0. The second-order valence-electron chi connectivity index (χ2n) is 11.6. The molecule has 232 valence electrons. The molecule has 0 amide bonds. The molecule has 0 aliphatic rings. The van der Waals surface area contributed by atoms with Crippen LogP contribution in [0, 0.1) is 0 Å². The first-order valence-corrected chi connectivity index (χ1v) is 17.3. The first-order valence-electron chi connectivity index (χ1n) is 17.3. The largest absolute Gasteiger partial charge is 0.457 e. The van der Waals surface area contributed by atoms with Gasteiger partial charge in [-0.15, -0.1) is 0 Å². The highest BCUT2D eigenvalue weighted by Gasteiger charge is 2.13. The van der Waals surface area contributed by atoms with E-state index in [1.54, 1.807) is 0 Å². The van der Waals surface area contributed by atoms with Gasteiger partial charge in [-0.1, -0.05) is 154 Å². The van der Waals surface area contributed by atoms with Gasteiger partial charge in [0.05, 0.1) is 13.2 Å². The molecule has 39 heavy (non-hydrogen) atoms. The van der Waals surface area contributed by atoms with Crippen LogP contribution in [0.15, 0.2) is 12.2 Å². The summed E-state index contributed by atoms with van der Waals surface area (Å²) in [5.74, 6) is -0.201. The molecule has 0 spiro atoms. The van der Waals surface area contributed by atoms with Crippen LogP contribution in [0.3, 0.4) is 0 Å². The average Bonchev–Trinajstić information content (AvgIpc) is 2.94. The lowest BCUT2D eigenvalue weighted by Crippen LogP contribution is -2.27. The summed E-state index contributed by atoms with van der Waals surface area (Å²) < 4.78 is 11.1. The minimum Gasteiger partial charge on any atom is -0.457 e. The second-order valence-corrected chi connectivity index (χ2v) is 11.6. The molecule has 0 saturated heterocycles. The molecule has 0 rings (SSSR count). The van der Waals surface area contributed by atoms with Gasteiger partial charge in [0.15, 0.2) is 0 Å². The molecule has 0 aliphatic heterocycles. The van der Waals surface area contributed by atoms with Crippen molar-refractivity contribution in [3.63, 3.8) is 0 Å². The standard InChI is InChI=1S/C35H68O4/c1-3-5-7-9-11-13-15-17-18-19-20-22-24-26-28-30-35(37)39-34(32-36)33-38-31-29-27-25-23-21-16-14-12-10-8-6-4-2/h10,12,34,36H,3-9,11,13-33H2,1-2H3/b12-10-. The van der Waals surface area contributed by atoms with Crippen LogP contribution in [-0.2, 0) is 14.3 Å². The fourth-order valence-corrected chi connectivity index (χ4v) is 4.96. The summed E-state index contributed by atoms with van der Waals surface area (Å²) in [5, 5.41) is 9.52. The van der Waals surface area contributed by atoms with Gasteiger partial charge in [-0.3, -0.25) is 4.79 Å². The molecule has 4 heteroatoms. The first-order chi connectivity index (χ1) is 19.2. The molecule has 0 heterocycles. The molecule has 0 aromatic carbocycles. The maximum atomic E-state index is 12.1. The van der Waals surface area contributed by atoms with Crippen LogP contribution in [0.2, 0.25) is 0 Å². The molecule has 0 saturated carbocycles. The van der Waals surface area contributed by atoms with Crippen LogP contribution < -0.4 is 0 Å². The van der Waals surface area contributed by atoms with Gasteiger partial charge in [-0.2, -0.15) is 0 Å². The van der Waals surface area contributed by atoms with E-state index < -0.39 is 6.10 Å². The molecule has 0 aromatic heterocycles. The number of unbranched alkanes of at least 4 members (excludes halogenated alkanes) is 22. The SMILES string of the molecule is CCCC/C=C\CCCCCCCCOCC(CO)OC(=O)CCCCCCCCCCCCCCCCC. The summed E-state index contributed by atoms with van der Waals surface area (Å²) in [6.07, 6.45) is 36.7. The molecule has 0 aromatic rings. The normalized spacial score (nSPS) is 12.4. The van der Waals surface area contributed by atoms with Gasteiger partial charge in [0, 0.05) is 13.0 Å². The van der Waals surface area contributed by atoms with Crippen molar-refractivity contribution < 1.29 is 19.4 Å². The maximum Gasteiger partial charge on any atom is 0.306 e. The van der Waals surface area contributed by atoms with E-state index in [1.807, 2.05) is 0 Å². The van der Waals surface area contributed by atoms with E-state index in [0.29, 0.717) is 19.6 Å². The number of hydrogen-bond donors (Lipinski definition) is 1. The predicted molar refractivity (Wildman–Crippen MR) is 168 cm³/mol. The summed E-state index contributed by atoms with van der Waals surface area (Å²) in [6, 6.07) is 0. The number of carbonyl (C=O) groups excluding carboxylic acids is 1. The lowest BCUT2D eigenvalue weighted by Gasteiger charge is -2.15. The quantitative estimate of drug-likeness (QED) is 0.0512. The highest BCUT2D eigenvalue weighted by Crippen LogP contribution is 2.14. The van der Waals surface area contributed by atoms with Gasteiger partial charge in [-0.05, 0) is 32.1 Å². The Morgan fingerprint density at radius 2 is 1.03 bits per heavy atom. The fourth-order valence-electron chi connectivity index (χ4n) is 4.96. The Kier molecular flexibility index (Phi) is 32.6. The minimum absolute atomic E-state index is 0.169. The zero-order valence-corrected chi connectivity index (χ0v) is 26.4. The molecule has 0 aliphatic carbocycles. The molecule has 1 atom stereocenters. The summed E-state index contributed by atoms with van der Waals surface area (Å²) in [4.78, 5) is 12.1. The Labute approximate surface area is 244 Å². The smallest absolute Gasteiger partial charge is 0.306 e. The third-order valence-electron chi connectivity index (χ3n) is 7.59. The van der Waals surface area contributed by atoms with E-state index in [1.165, 1.54) is 141 Å². The second kappa shape index (κ2) is 33.3.